The third-order valence-corrected chi connectivity index (χ3v) is 1.48. The van der Waals surface area contributed by atoms with Crippen LogP contribution in [0.15, 0.2) is 12.1 Å². The smallest absolute Gasteiger partial charge is 0.215 e. The van der Waals surface area contributed by atoms with Crippen molar-refractivity contribution in [3.63, 3.8) is 0 Å². The number of ether oxygens (including phenoxy) is 1. The molecule has 2 heterocycles. The zero-order valence-electron chi connectivity index (χ0n) is 5.80. The third-order valence-electron chi connectivity index (χ3n) is 1.48. The van der Waals surface area contributed by atoms with E-state index in [0.29, 0.717) is 24.7 Å². The molecule has 0 fully saturated rings. The zero-order chi connectivity index (χ0) is 7.68. The highest BCUT2D eigenvalue weighted by molar-refractivity contribution is 5.50. The van der Waals surface area contributed by atoms with Crippen molar-refractivity contribution < 1.29 is 9.13 Å². The van der Waals surface area contributed by atoms with Gasteiger partial charge < -0.3 is 10.1 Å². The first-order chi connectivity index (χ1) is 5.36. The van der Waals surface area contributed by atoms with Gasteiger partial charge >= 0.3 is 0 Å². The molecule has 1 N–H and O–H groups in total. The van der Waals surface area contributed by atoms with E-state index in [1.807, 2.05) is 0 Å². The molecule has 1 aromatic heterocycles. The first-order valence-corrected chi connectivity index (χ1v) is 3.39. The normalized spacial score (nSPS) is 14.6. The van der Waals surface area contributed by atoms with Crippen molar-refractivity contribution in [1.82, 2.24) is 4.98 Å². The van der Waals surface area contributed by atoms with Gasteiger partial charge in [-0.25, -0.2) is 0 Å². The monoisotopic (exact) mass is 154 g/mol. The summed E-state index contributed by atoms with van der Waals surface area (Å²) in [4.78, 5) is 3.61. The second-order valence-electron chi connectivity index (χ2n) is 2.26. The van der Waals surface area contributed by atoms with Crippen LogP contribution in [0.4, 0.5) is 10.2 Å². The Morgan fingerprint density at radius 3 is 3.36 bits per heavy atom. The van der Waals surface area contributed by atoms with Crippen LogP contribution in [-0.4, -0.2) is 18.1 Å². The van der Waals surface area contributed by atoms with Gasteiger partial charge in [0.2, 0.25) is 5.95 Å². The molecule has 1 aliphatic heterocycles. The minimum Gasteiger partial charge on any atom is -0.488 e. The fourth-order valence-corrected chi connectivity index (χ4v) is 0.996. The first-order valence-electron chi connectivity index (χ1n) is 3.39. The second kappa shape index (κ2) is 2.38. The number of hydrogen-bond donors (Lipinski definition) is 1. The highest BCUT2D eigenvalue weighted by Crippen LogP contribution is 2.23. The number of nitrogens with zero attached hydrogens (tertiary/aromatic N) is 1. The molecule has 0 saturated heterocycles. The highest BCUT2D eigenvalue weighted by atomic mass is 19.1. The van der Waals surface area contributed by atoms with E-state index in [1.165, 1.54) is 6.07 Å². The number of hydrogen-bond acceptors (Lipinski definition) is 3. The fourth-order valence-electron chi connectivity index (χ4n) is 0.996. The summed E-state index contributed by atoms with van der Waals surface area (Å²) < 4.78 is 17.7. The number of nitrogens with one attached hydrogen (secondary N) is 1. The van der Waals surface area contributed by atoms with Crippen molar-refractivity contribution in [2.24, 2.45) is 0 Å². The van der Waals surface area contributed by atoms with Gasteiger partial charge in [0.15, 0.2) is 11.6 Å². The van der Waals surface area contributed by atoms with Crippen LogP contribution < -0.4 is 10.1 Å². The average Bonchev–Trinajstić information content (AvgIpc) is 2.04. The molecule has 0 aliphatic carbocycles. The van der Waals surface area contributed by atoms with E-state index in [1.54, 1.807) is 6.07 Å². The summed E-state index contributed by atoms with van der Waals surface area (Å²) in [5.41, 5.74) is 0. The summed E-state index contributed by atoms with van der Waals surface area (Å²) in [6, 6.07) is 2.86. The number of pyridine rings is 1. The van der Waals surface area contributed by atoms with Crippen LogP contribution in [0.25, 0.3) is 0 Å². The van der Waals surface area contributed by atoms with Crippen LogP contribution in [0.2, 0.25) is 0 Å². The summed E-state index contributed by atoms with van der Waals surface area (Å²) in [7, 11) is 0. The van der Waals surface area contributed by atoms with Crippen LogP contribution in [-0.2, 0) is 0 Å². The van der Waals surface area contributed by atoms with Gasteiger partial charge in [0.25, 0.3) is 0 Å². The molecular weight excluding hydrogens is 147 g/mol. The third kappa shape index (κ3) is 1.11. The van der Waals surface area contributed by atoms with Crippen LogP contribution in [0.3, 0.4) is 0 Å². The van der Waals surface area contributed by atoms with E-state index in [4.69, 9.17) is 4.74 Å². The lowest BCUT2D eigenvalue weighted by atomic mass is 10.4. The predicted molar refractivity (Wildman–Crippen MR) is 38.2 cm³/mol. The summed E-state index contributed by atoms with van der Waals surface area (Å²) in [5.74, 6) is 0.635. The molecule has 0 unspecified atom stereocenters. The summed E-state index contributed by atoms with van der Waals surface area (Å²) in [5, 5.41) is 2.93. The largest absolute Gasteiger partial charge is 0.488 e. The molecule has 58 valence electrons. The van der Waals surface area contributed by atoms with Gasteiger partial charge in [-0.3, -0.25) is 0 Å². The van der Waals surface area contributed by atoms with E-state index in [2.05, 4.69) is 10.3 Å². The Kier molecular flexibility index (Phi) is 1.38. The molecule has 0 spiro atoms. The molecule has 0 atom stereocenters. The Bertz CT molecular complexity index is 277. The Hall–Kier alpha value is -1.32. The molecular formula is C7H7FN2O. The summed E-state index contributed by atoms with van der Waals surface area (Å²) in [6.45, 7) is 1.30. The summed E-state index contributed by atoms with van der Waals surface area (Å²) >= 11 is 0. The van der Waals surface area contributed by atoms with Crippen LogP contribution in [0.1, 0.15) is 0 Å². The SMILES string of the molecule is Fc1ccc2c(n1)NCCO2. The molecule has 11 heavy (non-hydrogen) atoms. The molecule has 0 saturated carbocycles. The molecule has 3 nitrogen and oxygen atoms in total. The summed E-state index contributed by atoms with van der Waals surface area (Å²) in [6.07, 6.45) is 0. The van der Waals surface area contributed by atoms with Gasteiger partial charge in [-0.05, 0) is 12.1 Å². The number of halogens is 1. The molecule has 1 aliphatic rings. The van der Waals surface area contributed by atoms with Crippen LogP contribution in [0.5, 0.6) is 5.75 Å². The topological polar surface area (TPSA) is 34.2 Å². The first kappa shape index (κ1) is 6.39. The lowest BCUT2D eigenvalue weighted by Gasteiger charge is -2.16. The lowest BCUT2D eigenvalue weighted by molar-refractivity contribution is 0.320. The van der Waals surface area contributed by atoms with Crippen molar-refractivity contribution in [3.8, 4) is 5.75 Å². The van der Waals surface area contributed by atoms with Crippen molar-refractivity contribution in [3.05, 3.63) is 18.1 Å². The van der Waals surface area contributed by atoms with Crippen molar-refractivity contribution in [1.29, 1.82) is 0 Å². The Morgan fingerprint density at radius 1 is 1.55 bits per heavy atom. The average molecular weight is 154 g/mol. The van der Waals surface area contributed by atoms with Gasteiger partial charge in [0.05, 0.1) is 6.54 Å². The maximum atomic E-state index is 12.5. The standard InChI is InChI=1S/C7H7FN2O/c8-6-2-1-5-7(10-6)9-3-4-11-5/h1-2H,3-4H2,(H,9,10). The lowest BCUT2D eigenvalue weighted by Crippen LogP contribution is -2.19. The fraction of sp³-hybridized carbons (Fsp3) is 0.286. The van der Waals surface area contributed by atoms with Gasteiger partial charge in [0.1, 0.15) is 6.61 Å². The number of aromatic nitrogens is 1. The van der Waals surface area contributed by atoms with E-state index >= 15 is 0 Å². The van der Waals surface area contributed by atoms with Crippen molar-refractivity contribution in [2.75, 3.05) is 18.5 Å². The van der Waals surface area contributed by atoms with Gasteiger partial charge in [0, 0.05) is 0 Å². The number of fused-ring (bicyclic) bond motifs is 1. The van der Waals surface area contributed by atoms with Crippen LogP contribution in [0, 0.1) is 5.95 Å². The van der Waals surface area contributed by atoms with Crippen LogP contribution >= 0.6 is 0 Å². The van der Waals surface area contributed by atoms with Gasteiger partial charge in [-0.1, -0.05) is 0 Å². The maximum absolute atomic E-state index is 12.5. The van der Waals surface area contributed by atoms with Gasteiger partial charge in [-0.15, -0.1) is 0 Å². The molecule has 2 rings (SSSR count). The van der Waals surface area contributed by atoms with E-state index in [9.17, 15) is 4.39 Å². The predicted octanol–water partition coefficient (Wildman–Crippen LogP) is 1.02. The molecule has 4 heteroatoms. The Balaban J connectivity index is 2.43. The molecule has 0 radical (unpaired) electrons. The molecule has 0 amide bonds. The second-order valence-corrected chi connectivity index (χ2v) is 2.26. The molecule has 0 bridgehead atoms. The van der Waals surface area contributed by atoms with E-state index in [-0.39, 0.29) is 0 Å². The number of anilines is 1. The van der Waals surface area contributed by atoms with E-state index < -0.39 is 5.95 Å². The Morgan fingerprint density at radius 2 is 2.45 bits per heavy atom. The van der Waals surface area contributed by atoms with E-state index in [0.717, 1.165) is 0 Å². The number of rotatable bonds is 0. The highest BCUT2D eigenvalue weighted by Gasteiger charge is 2.10. The van der Waals surface area contributed by atoms with Crippen molar-refractivity contribution in [2.45, 2.75) is 0 Å². The maximum Gasteiger partial charge on any atom is 0.215 e. The quantitative estimate of drug-likeness (QED) is 0.566. The van der Waals surface area contributed by atoms with Crippen molar-refractivity contribution >= 4 is 5.82 Å². The minimum absolute atomic E-state index is 0.484. The Labute approximate surface area is 63.2 Å². The zero-order valence-corrected chi connectivity index (χ0v) is 5.80. The molecule has 0 aromatic carbocycles. The minimum atomic E-state index is -0.484. The van der Waals surface area contributed by atoms with Gasteiger partial charge in [-0.2, -0.15) is 9.37 Å². The molecule has 1 aromatic rings.